The third-order valence-corrected chi connectivity index (χ3v) is 4.19. The van der Waals surface area contributed by atoms with Crippen LogP contribution in [0, 0.1) is 5.92 Å². The van der Waals surface area contributed by atoms with Crippen molar-refractivity contribution in [1.82, 2.24) is 5.32 Å². The molecule has 2 rings (SSSR count). The number of rotatable bonds is 7. The SMILES string of the molecule is CCCOc1cccc(/C=C(/CNC)C2CCCCC2)c1. The van der Waals surface area contributed by atoms with Crippen molar-refractivity contribution in [1.29, 1.82) is 0 Å². The quantitative estimate of drug-likeness (QED) is 0.787. The van der Waals surface area contributed by atoms with E-state index in [1.807, 2.05) is 13.1 Å². The van der Waals surface area contributed by atoms with Crippen LogP contribution in [0.25, 0.3) is 6.08 Å². The van der Waals surface area contributed by atoms with E-state index in [2.05, 4.69) is 36.5 Å². The van der Waals surface area contributed by atoms with Crippen molar-refractivity contribution in [2.45, 2.75) is 45.4 Å². The molecule has 21 heavy (non-hydrogen) atoms. The average Bonchev–Trinajstić information content (AvgIpc) is 2.54. The molecular weight excluding hydrogens is 258 g/mol. The van der Waals surface area contributed by atoms with Crippen LogP contribution >= 0.6 is 0 Å². The van der Waals surface area contributed by atoms with Crippen LogP contribution in [0.5, 0.6) is 5.75 Å². The first kappa shape index (κ1) is 16.1. The number of hydrogen-bond donors (Lipinski definition) is 1. The third kappa shape index (κ3) is 5.20. The fraction of sp³-hybridized carbons (Fsp3) is 0.579. The molecule has 0 atom stereocenters. The maximum atomic E-state index is 5.74. The largest absolute Gasteiger partial charge is 0.494 e. The van der Waals surface area contributed by atoms with Crippen LogP contribution in [-0.2, 0) is 0 Å². The van der Waals surface area contributed by atoms with E-state index in [0.29, 0.717) is 0 Å². The number of benzene rings is 1. The number of nitrogens with one attached hydrogen (secondary N) is 1. The van der Waals surface area contributed by atoms with E-state index in [1.165, 1.54) is 37.7 Å². The first-order chi connectivity index (χ1) is 10.3. The Morgan fingerprint density at radius 2 is 2.10 bits per heavy atom. The molecule has 1 saturated carbocycles. The molecule has 2 heteroatoms. The van der Waals surface area contributed by atoms with Gasteiger partial charge in [-0.2, -0.15) is 0 Å². The summed E-state index contributed by atoms with van der Waals surface area (Å²) in [6.45, 7) is 3.92. The van der Waals surface area contributed by atoms with E-state index in [9.17, 15) is 0 Å². The first-order valence-electron chi connectivity index (χ1n) is 8.41. The molecule has 0 heterocycles. The Labute approximate surface area is 129 Å². The molecule has 0 spiro atoms. The second-order valence-corrected chi connectivity index (χ2v) is 6.01. The summed E-state index contributed by atoms with van der Waals surface area (Å²) in [4.78, 5) is 0. The molecule has 116 valence electrons. The monoisotopic (exact) mass is 287 g/mol. The topological polar surface area (TPSA) is 21.3 Å². The van der Waals surface area contributed by atoms with Crippen LogP contribution in [0.4, 0.5) is 0 Å². The Morgan fingerprint density at radius 3 is 2.81 bits per heavy atom. The molecule has 0 amide bonds. The summed E-state index contributed by atoms with van der Waals surface area (Å²) >= 11 is 0. The van der Waals surface area contributed by atoms with Crippen LogP contribution < -0.4 is 10.1 Å². The van der Waals surface area contributed by atoms with Gasteiger partial charge in [-0.05, 0) is 49.9 Å². The van der Waals surface area contributed by atoms with Crippen LogP contribution in [0.15, 0.2) is 29.8 Å². The normalized spacial score (nSPS) is 17.0. The lowest BCUT2D eigenvalue weighted by Crippen LogP contribution is -2.19. The lowest BCUT2D eigenvalue weighted by atomic mass is 9.83. The Hall–Kier alpha value is -1.28. The second-order valence-electron chi connectivity index (χ2n) is 6.01. The highest BCUT2D eigenvalue weighted by atomic mass is 16.5. The molecule has 1 aliphatic carbocycles. The minimum absolute atomic E-state index is 0.756. The van der Waals surface area contributed by atoms with Crippen molar-refractivity contribution in [2.24, 2.45) is 5.92 Å². The van der Waals surface area contributed by atoms with Gasteiger partial charge in [0.1, 0.15) is 5.75 Å². The van der Waals surface area contributed by atoms with Crippen molar-refractivity contribution < 1.29 is 4.74 Å². The minimum atomic E-state index is 0.756. The molecule has 1 fully saturated rings. The molecule has 1 aliphatic rings. The Morgan fingerprint density at radius 1 is 1.29 bits per heavy atom. The van der Waals surface area contributed by atoms with Crippen molar-refractivity contribution in [2.75, 3.05) is 20.2 Å². The molecule has 0 aromatic heterocycles. The van der Waals surface area contributed by atoms with Gasteiger partial charge >= 0.3 is 0 Å². The van der Waals surface area contributed by atoms with Crippen LogP contribution in [0.3, 0.4) is 0 Å². The number of hydrogen-bond acceptors (Lipinski definition) is 2. The molecule has 0 unspecified atom stereocenters. The predicted molar refractivity (Wildman–Crippen MR) is 90.7 cm³/mol. The maximum Gasteiger partial charge on any atom is 0.119 e. The third-order valence-electron chi connectivity index (χ3n) is 4.19. The minimum Gasteiger partial charge on any atom is -0.494 e. The van der Waals surface area contributed by atoms with E-state index in [0.717, 1.165) is 31.2 Å². The number of likely N-dealkylation sites (N-methyl/N-ethyl adjacent to an activating group) is 1. The average molecular weight is 287 g/mol. The summed E-state index contributed by atoms with van der Waals surface area (Å²) in [6, 6.07) is 8.48. The van der Waals surface area contributed by atoms with Gasteiger partial charge in [0.25, 0.3) is 0 Å². The lowest BCUT2D eigenvalue weighted by Gasteiger charge is -2.24. The highest BCUT2D eigenvalue weighted by Crippen LogP contribution is 2.31. The zero-order valence-corrected chi connectivity index (χ0v) is 13.5. The lowest BCUT2D eigenvalue weighted by molar-refractivity contribution is 0.317. The van der Waals surface area contributed by atoms with Crippen molar-refractivity contribution in [3.63, 3.8) is 0 Å². The molecule has 0 bridgehead atoms. The summed E-state index contributed by atoms with van der Waals surface area (Å²) in [6.07, 6.45) is 10.3. The maximum absolute atomic E-state index is 5.74. The second kappa shape index (κ2) is 8.89. The van der Waals surface area contributed by atoms with Gasteiger partial charge < -0.3 is 10.1 Å². The predicted octanol–water partition coefficient (Wildman–Crippen LogP) is 4.66. The van der Waals surface area contributed by atoms with Gasteiger partial charge in [0.05, 0.1) is 6.61 Å². The van der Waals surface area contributed by atoms with E-state index in [1.54, 1.807) is 5.57 Å². The standard InChI is InChI=1S/C19H29NO/c1-3-12-21-19-11-7-8-16(14-19)13-18(15-20-2)17-9-5-4-6-10-17/h7-8,11,13-14,17,20H,3-6,9-10,12,15H2,1-2H3/b18-13-. The van der Waals surface area contributed by atoms with E-state index in [4.69, 9.17) is 4.74 Å². The molecule has 0 saturated heterocycles. The summed E-state index contributed by atoms with van der Waals surface area (Å²) < 4.78 is 5.74. The molecule has 1 aromatic carbocycles. The zero-order chi connectivity index (χ0) is 14.9. The first-order valence-corrected chi connectivity index (χ1v) is 8.41. The van der Waals surface area contributed by atoms with Crippen LogP contribution in [0.2, 0.25) is 0 Å². The van der Waals surface area contributed by atoms with Gasteiger partial charge in [-0.1, -0.05) is 50.0 Å². The van der Waals surface area contributed by atoms with Crippen LogP contribution in [0.1, 0.15) is 51.0 Å². The summed E-state index contributed by atoms with van der Waals surface area (Å²) in [5.74, 6) is 1.74. The molecule has 1 aromatic rings. The molecular formula is C19H29NO. The van der Waals surface area contributed by atoms with Gasteiger partial charge in [0, 0.05) is 6.54 Å². The van der Waals surface area contributed by atoms with Gasteiger partial charge in [-0.3, -0.25) is 0 Å². The van der Waals surface area contributed by atoms with Crippen molar-refractivity contribution in [3.05, 3.63) is 35.4 Å². The van der Waals surface area contributed by atoms with Crippen molar-refractivity contribution >= 4 is 6.08 Å². The molecule has 1 N–H and O–H groups in total. The van der Waals surface area contributed by atoms with Gasteiger partial charge in [-0.25, -0.2) is 0 Å². The van der Waals surface area contributed by atoms with Crippen molar-refractivity contribution in [3.8, 4) is 5.75 Å². The highest BCUT2D eigenvalue weighted by molar-refractivity contribution is 5.55. The fourth-order valence-electron chi connectivity index (χ4n) is 3.12. The van der Waals surface area contributed by atoms with Crippen LogP contribution in [-0.4, -0.2) is 20.2 Å². The highest BCUT2D eigenvalue weighted by Gasteiger charge is 2.17. The summed E-state index contributed by atoms with van der Waals surface area (Å²) in [5.41, 5.74) is 2.81. The Balaban J connectivity index is 2.12. The fourth-order valence-corrected chi connectivity index (χ4v) is 3.12. The molecule has 2 nitrogen and oxygen atoms in total. The Kier molecular flexibility index (Phi) is 6.81. The molecule has 0 radical (unpaired) electrons. The van der Waals surface area contributed by atoms with Gasteiger partial charge in [-0.15, -0.1) is 0 Å². The number of ether oxygens (including phenoxy) is 1. The zero-order valence-electron chi connectivity index (χ0n) is 13.5. The Bertz CT molecular complexity index is 447. The van der Waals surface area contributed by atoms with E-state index >= 15 is 0 Å². The summed E-state index contributed by atoms with van der Waals surface area (Å²) in [7, 11) is 2.04. The summed E-state index contributed by atoms with van der Waals surface area (Å²) in [5, 5.41) is 3.33. The van der Waals surface area contributed by atoms with Gasteiger partial charge in [0.2, 0.25) is 0 Å². The van der Waals surface area contributed by atoms with E-state index in [-0.39, 0.29) is 0 Å². The smallest absolute Gasteiger partial charge is 0.119 e. The molecule has 0 aliphatic heterocycles. The van der Waals surface area contributed by atoms with E-state index < -0.39 is 0 Å². The van der Waals surface area contributed by atoms with Gasteiger partial charge in [0.15, 0.2) is 0 Å².